The molecule has 30 fully saturated rings. The molecular formula is C52H90N2O39. The average molecular weight is 1370 g/mol. The molecule has 30 aliphatic heterocycles. The first-order valence-corrected chi connectivity index (χ1v) is 30.4. The van der Waals surface area contributed by atoms with Crippen LogP contribution in [0.4, 0.5) is 0 Å². The predicted molar refractivity (Wildman–Crippen MR) is 285 cm³/mol. The monoisotopic (exact) mass is 1370 g/mol. The Morgan fingerprint density at radius 1 is 0.215 bits per heavy atom. The summed E-state index contributed by atoms with van der Waals surface area (Å²) in [4.78, 5) is 0. The van der Waals surface area contributed by atoms with Crippen molar-refractivity contribution in [1.82, 2.24) is 10.6 Å². The molecule has 30 aliphatic rings. The Hall–Kier alpha value is -1.64. The summed E-state index contributed by atoms with van der Waals surface area (Å²) in [6.07, 6.45) is -80.0. The summed E-state index contributed by atoms with van der Waals surface area (Å²) in [5, 5.41) is 263. The van der Waals surface area contributed by atoms with E-state index in [1.165, 1.54) is 0 Å². The largest absolute Gasteiger partial charge is 0.394 e. The number of nitrogens with one attached hydrogen (secondary N) is 2. The van der Waals surface area contributed by atoms with Crippen LogP contribution in [0.3, 0.4) is 0 Å². The number of aliphatic hydroxyl groups is 23. The van der Waals surface area contributed by atoms with Crippen LogP contribution in [0.25, 0.3) is 0 Å². The molecule has 30 heterocycles. The van der Waals surface area contributed by atoms with Gasteiger partial charge in [-0.2, -0.15) is 0 Å². The number of aliphatic hydroxyl groups excluding tert-OH is 23. The van der Waals surface area contributed by atoms with Gasteiger partial charge in [0.2, 0.25) is 0 Å². The van der Waals surface area contributed by atoms with Gasteiger partial charge >= 0.3 is 0 Å². The summed E-state index contributed by atoms with van der Waals surface area (Å²) in [6, 6.07) is 0. The van der Waals surface area contributed by atoms with E-state index in [0.29, 0.717) is 19.5 Å². The summed E-state index contributed by atoms with van der Waals surface area (Å²) in [5.74, 6) is 0. The molecular weight excluding hydrogens is 1280 g/mol. The van der Waals surface area contributed by atoms with Crippen LogP contribution < -0.4 is 10.6 Å². The minimum atomic E-state index is -2.24. The molecule has 0 radical (unpaired) electrons. The van der Waals surface area contributed by atoms with Gasteiger partial charge in [-0.3, -0.25) is 0 Å². The zero-order valence-electron chi connectivity index (χ0n) is 49.7. The van der Waals surface area contributed by atoms with Gasteiger partial charge < -0.3 is 204 Å². The quantitative estimate of drug-likeness (QED) is 0.0762. The second-order valence-electron chi connectivity index (χ2n) is 23.9. The molecule has 0 unspecified atom stereocenters. The van der Waals surface area contributed by atoms with E-state index in [-0.39, 0.29) is 6.54 Å². The van der Waals surface area contributed by atoms with Gasteiger partial charge in [0.05, 0.1) is 46.2 Å². The first kappa shape index (κ1) is 75.6. The molecule has 0 saturated carbocycles. The van der Waals surface area contributed by atoms with Crippen LogP contribution in [-0.2, 0) is 75.8 Å². The van der Waals surface area contributed by atoms with Gasteiger partial charge in [0.15, 0.2) is 50.3 Å². The number of rotatable bonds is 13. The van der Waals surface area contributed by atoms with Crippen LogP contribution in [0.5, 0.6) is 0 Å². The third-order valence-electron chi connectivity index (χ3n) is 17.8. The fraction of sp³-hybridized carbons (Fsp3) is 1.00. The van der Waals surface area contributed by atoms with Crippen molar-refractivity contribution in [3.63, 3.8) is 0 Å². The highest BCUT2D eigenvalue weighted by Gasteiger charge is 2.60. The van der Waals surface area contributed by atoms with E-state index in [9.17, 15) is 117 Å². The molecule has 0 amide bonds. The maximum absolute atomic E-state index is 11.8. The third kappa shape index (κ3) is 15.8. The fourth-order valence-electron chi connectivity index (χ4n) is 12.6. The highest BCUT2D eigenvalue weighted by atomic mass is 16.8. The number of hydrogen-bond acceptors (Lipinski definition) is 41. The Morgan fingerprint density at radius 2 is 0.376 bits per heavy atom. The topological polar surface area (TPSA) is 637 Å². The Labute approximate surface area is 527 Å². The van der Waals surface area contributed by atoms with Crippen molar-refractivity contribution in [1.29, 1.82) is 0 Å². The standard InChI is InChI=1S/C52H90N2O39/c1-53-3-2-4-54-5-13-37-21(62)29(70)45(78-13)87-38-14(6-55)80-47(31(72)23(38)64)89-40-16(8-57)82-49(33(74)25(40)66)91-42-18(10-59)84-51(35(76)27(42)68)93-44-20(12-61)85-52(36(77)28(44)69)92-43-19(11-60)83-50(34(75)26(43)67)90-41-17(9-58)81-48(32(73)24(41)65)88-39-15(7-56)79-46(86-37)30(71)22(39)63/h13-77H,2-12H2,1H3/t13-,14-,15-,16-,17-,18-,19-,20-,21-,22-,23-,24-,25-,26-,27-,28-,29-,30-,31-,32-,33-,34-,35+,36-,37-,38-,39-,40-,41-,42-,43-,44-,45-,46-,47-,48-,49-,50-,51-,52-/m1/s1. The highest BCUT2D eigenvalue weighted by Crippen LogP contribution is 2.40. The predicted octanol–water partition coefficient (Wildman–Crippen LogP) is -17.2. The van der Waals surface area contributed by atoms with E-state index < -0.39 is 292 Å². The van der Waals surface area contributed by atoms with Gasteiger partial charge in [0.1, 0.15) is 195 Å². The zero-order valence-corrected chi connectivity index (χ0v) is 49.7. The van der Waals surface area contributed by atoms with E-state index in [2.05, 4.69) is 10.6 Å². The van der Waals surface area contributed by atoms with E-state index >= 15 is 0 Å². The van der Waals surface area contributed by atoms with Gasteiger partial charge in [0, 0.05) is 6.54 Å². The van der Waals surface area contributed by atoms with E-state index in [0.717, 1.165) is 0 Å². The Kier molecular flexibility index (Phi) is 27.0. The first-order chi connectivity index (χ1) is 44.4. The molecule has 30 saturated heterocycles. The molecule has 542 valence electrons. The second-order valence-corrected chi connectivity index (χ2v) is 23.9. The van der Waals surface area contributed by atoms with Gasteiger partial charge in [-0.25, -0.2) is 0 Å². The fourth-order valence-corrected chi connectivity index (χ4v) is 12.6. The first-order valence-electron chi connectivity index (χ1n) is 30.4. The van der Waals surface area contributed by atoms with Crippen LogP contribution in [-0.4, -0.2) is 436 Å². The van der Waals surface area contributed by atoms with Crippen LogP contribution in [0.2, 0.25) is 0 Å². The minimum Gasteiger partial charge on any atom is -0.394 e. The molecule has 41 heteroatoms. The maximum Gasteiger partial charge on any atom is 0.187 e. The molecule has 93 heavy (non-hydrogen) atoms. The SMILES string of the molecule is CNCCCNC[C@H]1O[C@@H]2O[C@H]3[C@H](O)[C@@H](O)[C@@H](O[C@H]4[C@H](O)[C@@H](O)[C@@H](O[C@H]5[C@H](O)[C@H](O)[C@@H](O[C@H]6[C@H](O)[C@@H](O)[C@@H](O[C@H]7[C@H](O)[C@@H](O)[C@@H](O[C@H]8[C@H](O)[C@@H](O)[C@@H](O[C@H]9[C@H](O)[C@@H](O)[C@@H](O[C@H]1[C@H](O)[C@H]2O)O[C@@H]9CO)O[C@@H]8CO)O[C@@H]7CO)O[C@@H]6CO)O[C@@H]5CO)O[C@@H]4CO)O[C@@H]3CO. The van der Waals surface area contributed by atoms with Crippen molar-refractivity contribution < 1.29 is 193 Å². The Balaban J connectivity index is 0.989. The van der Waals surface area contributed by atoms with Crippen LogP contribution >= 0.6 is 0 Å². The molecule has 0 aromatic carbocycles. The lowest BCUT2D eigenvalue weighted by Gasteiger charge is -2.50. The summed E-state index contributed by atoms with van der Waals surface area (Å²) in [6.45, 7) is -6.86. The van der Waals surface area contributed by atoms with Crippen molar-refractivity contribution >= 4 is 0 Å². The summed E-state index contributed by atoms with van der Waals surface area (Å²) in [7, 11) is 1.70. The average Bonchev–Trinajstić information content (AvgIpc) is 0.802. The molecule has 0 aromatic rings. The van der Waals surface area contributed by atoms with Crippen molar-refractivity contribution in [2.45, 2.75) is 252 Å². The number of ether oxygens (including phenoxy) is 16. The summed E-state index contributed by atoms with van der Waals surface area (Å²) in [5.41, 5.74) is 0. The van der Waals surface area contributed by atoms with Gasteiger partial charge in [-0.1, -0.05) is 0 Å². The lowest BCUT2D eigenvalue weighted by molar-refractivity contribution is -0.403. The Morgan fingerprint density at radius 3 is 0.538 bits per heavy atom. The normalized spacial score (nSPS) is 53.0. The molecule has 25 N–H and O–H groups in total. The van der Waals surface area contributed by atoms with E-state index in [1.807, 2.05) is 0 Å². The summed E-state index contributed by atoms with van der Waals surface area (Å²) < 4.78 is 92.8. The van der Waals surface area contributed by atoms with Crippen molar-refractivity contribution in [3.8, 4) is 0 Å². The van der Waals surface area contributed by atoms with E-state index in [4.69, 9.17) is 75.8 Å². The molecule has 0 aromatic heterocycles. The van der Waals surface area contributed by atoms with Crippen LogP contribution in [0.1, 0.15) is 6.42 Å². The zero-order chi connectivity index (χ0) is 67.6. The van der Waals surface area contributed by atoms with Crippen LogP contribution in [0.15, 0.2) is 0 Å². The van der Waals surface area contributed by atoms with Crippen LogP contribution in [0, 0.1) is 0 Å². The smallest absolute Gasteiger partial charge is 0.187 e. The lowest BCUT2D eigenvalue weighted by atomic mass is 9.94. The van der Waals surface area contributed by atoms with Crippen molar-refractivity contribution in [2.75, 3.05) is 72.9 Å². The van der Waals surface area contributed by atoms with Crippen molar-refractivity contribution in [3.05, 3.63) is 0 Å². The van der Waals surface area contributed by atoms with Gasteiger partial charge in [-0.05, 0) is 26.6 Å². The second kappa shape index (κ2) is 33.2. The Bertz CT molecular complexity index is 2230. The highest BCUT2D eigenvalue weighted by molar-refractivity contribution is 5.03. The van der Waals surface area contributed by atoms with Crippen molar-refractivity contribution in [2.24, 2.45) is 0 Å². The molecule has 16 bridgehead atoms. The molecule has 0 spiro atoms. The van der Waals surface area contributed by atoms with Gasteiger partial charge in [-0.15, -0.1) is 0 Å². The van der Waals surface area contributed by atoms with E-state index in [1.54, 1.807) is 7.05 Å². The summed E-state index contributed by atoms with van der Waals surface area (Å²) >= 11 is 0. The molecule has 30 rings (SSSR count). The maximum atomic E-state index is 11.8. The molecule has 0 aliphatic carbocycles. The molecule has 40 atom stereocenters. The van der Waals surface area contributed by atoms with Gasteiger partial charge in [0.25, 0.3) is 0 Å². The minimum absolute atomic E-state index is 0.243. The molecule has 41 nitrogen and oxygen atoms in total. The lowest BCUT2D eigenvalue weighted by Crippen LogP contribution is -2.69. The third-order valence-corrected chi connectivity index (χ3v) is 17.8. The number of hydrogen-bond donors (Lipinski definition) is 25.